The van der Waals surface area contributed by atoms with Gasteiger partial charge in [0.05, 0.1) is 18.4 Å². The normalized spacial score (nSPS) is 16.5. The Morgan fingerprint density at radius 1 is 1.17 bits per heavy atom. The fourth-order valence-corrected chi connectivity index (χ4v) is 3.56. The van der Waals surface area contributed by atoms with E-state index >= 15 is 0 Å². The van der Waals surface area contributed by atoms with Crippen molar-refractivity contribution in [3.63, 3.8) is 0 Å². The fraction of sp³-hybridized carbons (Fsp3) is 0.467. The summed E-state index contributed by atoms with van der Waals surface area (Å²) in [5.41, 5.74) is 0.813. The van der Waals surface area contributed by atoms with Crippen molar-refractivity contribution in [1.29, 1.82) is 0 Å². The van der Waals surface area contributed by atoms with E-state index in [1.165, 1.54) is 10.6 Å². The lowest BCUT2D eigenvalue weighted by molar-refractivity contribution is 0.311. The zero-order valence-electron chi connectivity index (χ0n) is 13.5. The summed E-state index contributed by atoms with van der Waals surface area (Å²) in [6, 6.07) is 7.68. The number of piperazine rings is 1. The summed E-state index contributed by atoms with van der Waals surface area (Å²) >= 11 is 0. The van der Waals surface area contributed by atoms with Crippen LogP contribution in [0, 0.1) is 0 Å². The van der Waals surface area contributed by atoms with Gasteiger partial charge in [-0.15, -0.1) is 0 Å². The number of para-hydroxylation sites is 1. The van der Waals surface area contributed by atoms with Crippen LogP contribution < -0.4 is 10.2 Å². The number of nitrogens with zero attached hydrogens (tertiary/aromatic N) is 4. The maximum atomic E-state index is 11.6. The van der Waals surface area contributed by atoms with Gasteiger partial charge >= 0.3 is 0 Å². The third-order valence-electron chi connectivity index (χ3n) is 3.99. The van der Waals surface area contributed by atoms with Crippen LogP contribution >= 0.6 is 0 Å². The summed E-state index contributed by atoms with van der Waals surface area (Å²) in [6.45, 7) is 2.36. The Morgan fingerprint density at radius 3 is 2.54 bits per heavy atom. The maximum absolute atomic E-state index is 11.6. The molecule has 130 valence electrons. The first-order valence-electron chi connectivity index (χ1n) is 7.80. The zero-order chi connectivity index (χ0) is 17.2. The van der Waals surface area contributed by atoms with Crippen molar-refractivity contribution in [3.05, 3.63) is 24.3 Å². The Balaban J connectivity index is 1.87. The first-order valence-corrected chi connectivity index (χ1v) is 9.65. The smallest absolute Gasteiger partial charge is 0.227 e. The molecule has 0 amide bonds. The molecule has 1 fully saturated rings. The highest BCUT2D eigenvalue weighted by Crippen LogP contribution is 2.24. The van der Waals surface area contributed by atoms with Crippen LogP contribution in [0.15, 0.2) is 24.3 Å². The molecule has 1 aliphatic rings. The van der Waals surface area contributed by atoms with Crippen LogP contribution in [0.3, 0.4) is 0 Å². The third-order valence-corrected chi connectivity index (χ3v) is 5.29. The number of aromatic nitrogens is 2. The van der Waals surface area contributed by atoms with Gasteiger partial charge in [-0.3, -0.25) is 0 Å². The van der Waals surface area contributed by atoms with Crippen LogP contribution in [-0.4, -0.2) is 73.4 Å². The molecule has 0 saturated carbocycles. The molecule has 8 nitrogen and oxygen atoms in total. The molecule has 0 aliphatic carbocycles. The number of hydrogen-bond acceptors (Lipinski definition) is 7. The molecule has 0 bridgehead atoms. The number of anilines is 2. The quantitative estimate of drug-likeness (QED) is 0.789. The molecule has 1 saturated heterocycles. The number of aliphatic hydroxyl groups excluding tert-OH is 1. The second-order valence-electron chi connectivity index (χ2n) is 5.69. The predicted molar refractivity (Wildman–Crippen MR) is 93.7 cm³/mol. The molecular weight excluding hydrogens is 330 g/mol. The van der Waals surface area contributed by atoms with Gasteiger partial charge in [-0.25, -0.2) is 13.4 Å². The van der Waals surface area contributed by atoms with Gasteiger partial charge in [0.25, 0.3) is 0 Å². The van der Waals surface area contributed by atoms with E-state index in [4.69, 9.17) is 5.11 Å². The molecule has 0 spiro atoms. The van der Waals surface area contributed by atoms with Gasteiger partial charge in [-0.05, 0) is 12.1 Å². The Morgan fingerprint density at radius 2 is 1.88 bits per heavy atom. The molecule has 2 heterocycles. The van der Waals surface area contributed by atoms with E-state index in [1.54, 1.807) is 0 Å². The van der Waals surface area contributed by atoms with Crippen LogP contribution in [0.4, 0.5) is 11.8 Å². The lowest BCUT2D eigenvalue weighted by Crippen LogP contribution is -2.48. The van der Waals surface area contributed by atoms with E-state index in [2.05, 4.69) is 15.3 Å². The highest BCUT2D eigenvalue weighted by atomic mass is 32.2. The van der Waals surface area contributed by atoms with Gasteiger partial charge in [0, 0.05) is 38.1 Å². The standard InChI is InChI=1S/C15H21N5O3S/c1-24(22,23)20-9-7-19(8-10-20)15-17-13-5-3-2-4-12(13)14(18-15)16-6-11-21/h2-5,21H,6-11H2,1H3,(H,16,17,18). The van der Waals surface area contributed by atoms with Crippen molar-refractivity contribution in [2.24, 2.45) is 0 Å². The lowest BCUT2D eigenvalue weighted by Gasteiger charge is -2.33. The molecule has 24 heavy (non-hydrogen) atoms. The van der Waals surface area contributed by atoms with Gasteiger partial charge < -0.3 is 15.3 Å². The monoisotopic (exact) mass is 351 g/mol. The van der Waals surface area contributed by atoms with Gasteiger partial charge in [0.1, 0.15) is 5.82 Å². The molecule has 9 heteroatoms. The maximum Gasteiger partial charge on any atom is 0.227 e. The number of fused-ring (bicyclic) bond motifs is 1. The van der Waals surface area contributed by atoms with E-state index in [0.29, 0.717) is 44.5 Å². The Bertz CT molecular complexity index is 819. The lowest BCUT2D eigenvalue weighted by atomic mass is 10.2. The molecule has 0 radical (unpaired) electrons. The molecule has 1 aromatic heterocycles. The second-order valence-corrected chi connectivity index (χ2v) is 7.67. The molecule has 2 N–H and O–H groups in total. The van der Waals surface area contributed by atoms with Gasteiger partial charge in [0.2, 0.25) is 16.0 Å². The average Bonchev–Trinajstić information content (AvgIpc) is 2.59. The van der Waals surface area contributed by atoms with Crippen LogP contribution in [0.1, 0.15) is 0 Å². The summed E-state index contributed by atoms with van der Waals surface area (Å²) in [6.07, 6.45) is 1.23. The summed E-state index contributed by atoms with van der Waals surface area (Å²) in [7, 11) is -3.16. The summed E-state index contributed by atoms with van der Waals surface area (Å²) < 4.78 is 24.7. The van der Waals surface area contributed by atoms with Crippen molar-refractivity contribution in [2.45, 2.75) is 0 Å². The Labute approximate surface area is 141 Å². The van der Waals surface area contributed by atoms with Crippen molar-refractivity contribution in [1.82, 2.24) is 14.3 Å². The minimum Gasteiger partial charge on any atom is -0.395 e. The number of hydrogen-bond donors (Lipinski definition) is 2. The molecule has 2 aromatic rings. The van der Waals surface area contributed by atoms with Gasteiger partial charge in [-0.2, -0.15) is 9.29 Å². The second kappa shape index (κ2) is 6.88. The van der Waals surface area contributed by atoms with E-state index in [1.807, 2.05) is 29.2 Å². The molecule has 1 aliphatic heterocycles. The Kier molecular flexibility index (Phi) is 4.83. The first kappa shape index (κ1) is 16.9. The van der Waals surface area contributed by atoms with Crippen LogP contribution in [0.2, 0.25) is 0 Å². The van der Waals surface area contributed by atoms with E-state index < -0.39 is 10.0 Å². The van der Waals surface area contributed by atoms with Crippen LogP contribution in [0.5, 0.6) is 0 Å². The van der Waals surface area contributed by atoms with E-state index in [9.17, 15) is 8.42 Å². The summed E-state index contributed by atoms with van der Waals surface area (Å²) in [5.74, 6) is 1.25. The van der Waals surface area contributed by atoms with E-state index in [0.717, 1.165) is 10.9 Å². The number of benzene rings is 1. The number of aliphatic hydroxyl groups is 1. The largest absolute Gasteiger partial charge is 0.395 e. The number of nitrogens with one attached hydrogen (secondary N) is 1. The van der Waals surface area contributed by atoms with E-state index in [-0.39, 0.29) is 6.61 Å². The number of sulfonamides is 1. The summed E-state index contributed by atoms with van der Waals surface area (Å²) in [5, 5.41) is 13.1. The first-order chi connectivity index (χ1) is 11.5. The minimum atomic E-state index is -3.16. The highest BCUT2D eigenvalue weighted by molar-refractivity contribution is 7.88. The third kappa shape index (κ3) is 3.58. The molecule has 0 unspecified atom stereocenters. The molecule has 1 aromatic carbocycles. The van der Waals surface area contributed by atoms with Crippen molar-refractivity contribution in [3.8, 4) is 0 Å². The SMILES string of the molecule is CS(=O)(=O)N1CCN(c2nc(NCCO)c3ccccc3n2)CC1. The number of rotatable bonds is 5. The zero-order valence-corrected chi connectivity index (χ0v) is 14.3. The van der Waals surface area contributed by atoms with Crippen molar-refractivity contribution in [2.75, 3.05) is 55.8 Å². The van der Waals surface area contributed by atoms with Crippen molar-refractivity contribution < 1.29 is 13.5 Å². The highest BCUT2D eigenvalue weighted by Gasteiger charge is 2.25. The van der Waals surface area contributed by atoms with Crippen LogP contribution in [0.25, 0.3) is 10.9 Å². The average molecular weight is 351 g/mol. The Hall–Kier alpha value is -1.97. The fourth-order valence-electron chi connectivity index (χ4n) is 2.73. The predicted octanol–water partition coefficient (Wildman–Crippen LogP) is 0.116. The van der Waals surface area contributed by atoms with Gasteiger partial charge in [-0.1, -0.05) is 12.1 Å². The topological polar surface area (TPSA) is 98.7 Å². The van der Waals surface area contributed by atoms with Crippen LogP contribution in [-0.2, 0) is 10.0 Å². The molecular formula is C15H21N5O3S. The van der Waals surface area contributed by atoms with Crippen molar-refractivity contribution >= 4 is 32.7 Å². The summed E-state index contributed by atoms with van der Waals surface area (Å²) in [4.78, 5) is 11.2. The molecule has 0 atom stereocenters. The molecule has 3 rings (SSSR count). The minimum absolute atomic E-state index is 0.0146. The van der Waals surface area contributed by atoms with Gasteiger partial charge in [0.15, 0.2) is 0 Å².